The molecule has 0 bridgehead atoms. The van der Waals surface area contributed by atoms with Crippen LogP contribution in [0.1, 0.15) is 19.4 Å². The van der Waals surface area contributed by atoms with Gasteiger partial charge in [-0.25, -0.2) is 0 Å². The highest BCUT2D eigenvalue weighted by Gasteiger charge is 2.14. The molecule has 1 unspecified atom stereocenters. The molecule has 0 amide bonds. The van der Waals surface area contributed by atoms with Gasteiger partial charge in [-0.15, -0.1) is 0 Å². The fourth-order valence-electron chi connectivity index (χ4n) is 1.81. The van der Waals surface area contributed by atoms with E-state index in [-0.39, 0.29) is 0 Å². The molecular weight excluding hydrogens is 267 g/mol. The molecule has 0 heterocycles. The molecule has 1 atom stereocenters. The van der Waals surface area contributed by atoms with E-state index in [1.807, 2.05) is 12.1 Å². The van der Waals surface area contributed by atoms with Crippen molar-refractivity contribution in [2.75, 3.05) is 20.6 Å². The minimum atomic E-state index is 0.451. The third-order valence-corrected chi connectivity index (χ3v) is 3.52. The monoisotopic (exact) mass is 288 g/mol. The number of likely N-dealkylation sites (N-methyl/N-ethyl adjacent to an activating group) is 1. The SMILES string of the molecule is CC(C)C(CN(C)C)NCc1ccc(Cl)cc1Cl. The maximum absolute atomic E-state index is 6.16. The van der Waals surface area contributed by atoms with Crippen LogP contribution in [0.15, 0.2) is 18.2 Å². The Morgan fingerprint density at radius 2 is 1.89 bits per heavy atom. The van der Waals surface area contributed by atoms with E-state index in [9.17, 15) is 0 Å². The molecule has 102 valence electrons. The first kappa shape index (κ1) is 15.8. The molecule has 0 aromatic heterocycles. The average molecular weight is 289 g/mol. The van der Waals surface area contributed by atoms with Crippen LogP contribution in [0.25, 0.3) is 0 Å². The molecule has 0 saturated heterocycles. The van der Waals surface area contributed by atoms with Gasteiger partial charge in [0, 0.05) is 29.2 Å². The van der Waals surface area contributed by atoms with Gasteiger partial charge in [-0.1, -0.05) is 43.1 Å². The summed E-state index contributed by atoms with van der Waals surface area (Å²) in [4.78, 5) is 2.20. The molecule has 1 aromatic rings. The Morgan fingerprint density at radius 3 is 2.39 bits per heavy atom. The van der Waals surface area contributed by atoms with Crippen LogP contribution < -0.4 is 5.32 Å². The number of benzene rings is 1. The summed E-state index contributed by atoms with van der Waals surface area (Å²) in [6, 6.07) is 6.09. The molecular formula is C14H22Cl2N2. The van der Waals surface area contributed by atoms with Gasteiger partial charge in [-0.05, 0) is 37.7 Å². The van der Waals surface area contributed by atoms with Crippen LogP contribution >= 0.6 is 23.2 Å². The van der Waals surface area contributed by atoms with Gasteiger partial charge in [-0.2, -0.15) is 0 Å². The Bertz CT molecular complexity index is 378. The molecule has 0 saturated carbocycles. The van der Waals surface area contributed by atoms with E-state index in [0.29, 0.717) is 17.0 Å². The third-order valence-electron chi connectivity index (χ3n) is 2.94. The summed E-state index contributed by atoms with van der Waals surface area (Å²) in [7, 11) is 4.18. The molecule has 1 aromatic carbocycles. The molecule has 0 spiro atoms. The zero-order chi connectivity index (χ0) is 13.7. The predicted molar refractivity (Wildman–Crippen MR) is 80.5 cm³/mol. The topological polar surface area (TPSA) is 15.3 Å². The molecule has 0 aliphatic heterocycles. The van der Waals surface area contributed by atoms with Crippen LogP contribution in [0.2, 0.25) is 10.0 Å². The summed E-state index contributed by atoms with van der Waals surface area (Å²) in [6.07, 6.45) is 0. The third kappa shape index (κ3) is 5.15. The molecule has 0 aliphatic rings. The van der Waals surface area contributed by atoms with Gasteiger partial charge < -0.3 is 10.2 Å². The van der Waals surface area contributed by atoms with Crippen molar-refractivity contribution in [1.29, 1.82) is 0 Å². The van der Waals surface area contributed by atoms with Crippen LogP contribution in [0, 0.1) is 5.92 Å². The van der Waals surface area contributed by atoms with Crippen molar-refractivity contribution in [2.45, 2.75) is 26.4 Å². The van der Waals surface area contributed by atoms with Crippen LogP contribution in [-0.4, -0.2) is 31.6 Å². The van der Waals surface area contributed by atoms with Gasteiger partial charge in [-0.3, -0.25) is 0 Å². The Labute approximate surface area is 120 Å². The number of nitrogens with one attached hydrogen (secondary N) is 1. The first-order chi connectivity index (χ1) is 8.40. The summed E-state index contributed by atoms with van der Waals surface area (Å²) in [5.74, 6) is 0.582. The lowest BCUT2D eigenvalue weighted by Gasteiger charge is -2.26. The minimum absolute atomic E-state index is 0.451. The van der Waals surface area contributed by atoms with E-state index in [4.69, 9.17) is 23.2 Å². The molecule has 0 radical (unpaired) electrons. The molecule has 18 heavy (non-hydrogen) atoms. The molecule has 4 heteroatoms. The lowest BCUT2D eigenvalue weighted by Crippen LogP contribution is -2.41. The standard InChI is InChI=1S/C14H22Cl2N2/c1-10(2)14(9-18(3)4)17-8-11-5-6-12(15)7-13(11)16/h5-7,10,14,17H,8-9H2,1-4H3. The van der Waals surface area contributed by atoms with E-state index >= 15 is 0 Å². The lowest BCUT2D eigenvalue weighted by atomic mass is 10.0. The molecule has 0 aliphatic carbocycles. The Morgan fingerprint density at radius 1 is 1.22 bits per heavy atom. The molecule has 2 nitrogen and oxygen atoms in total. The second kappa shape index (κ2) is 7.34. The number of hydrogen-bond donors (Lipinski definition) is 1. The first-order valence-electron chi connectivity index (χ1n) is 6.22. The number of hydrogen-bond acceptors (Lipinski definition) is 2. The van der Waals surface area contributed by atoms with Gasteiger partial charge in [0.15, 0.2) is 0 Å². The van der Waals surface area contributed by atoms with E-state index in [1.165, 1.54) is 0 Å². The number of nitrogens with zero attached hydrogens (tertiary/aromatic N) is 1. The van der Waals surface area contributed by atoms with Crippen molar-refractivity contribution in [1.82, 2.24) is 10.2 Å². The average Bonchev–Trinajstić information content (AvgIpc) is 2.25. The quantitative estimate of drug-likeness (QED) is 0.859. The Kier molecular flexibility index (Phi) is 6.44. The van der Waals surface area contributed by atoms with Gasteiger partial charge in [0.2, 0.25) is 0 Å². The molecule has 0 fully saturated rings. The second-order valence-corrected chi connectivity index (χ2v) is 6.07. The van der Waals surface area contributed by atoms with E-state index in [0.717, 1.165) is 23.7 Å². The normalized spacial score (nSPS) is 13.3. The highest BCUT2D eigenvalue weighted by Crippen LogP contribution is 2.21. The molecule has 1 N–H and O–H groups in total. The highest BCUT2D eigenvalue weighted by atomic mass is 35.5. The van der Waals surface area contributed by atoms with Crippen LogP contribution in [0.3, 0.4) is 0 Å². The lowest BCUT2D eigenvalue weighted by molar-refractivity contribution is 0.288. The summed E-state index contributed by atoms with van der Waals surface area (Å²) in [5.41, 5.74) is 1.09. The van der Waals surface area contributed by atoms with Crippen LogP contribution in [0.4, 0.5) is 0 Å². The largest absolute Gasteiger partial charge is 0.308 e. The highest BCUT2D eigenvalue weighted by molar-refractivity contribution is 6.35. The van der Waals surface area contributed by atoms with Crippen LogP contribution in [-0.2, 0) is 6.54 Å². The summed E-state index contributed by atoms with van der Waals surface area (Å²) in [6.45, 7) is 6.24. The summed E-state index contributed by atoms with van der Waals surface area (Å²) < 4.78 is 0. The van der Waals surface area contributed by atoms with Gasteiger partial charge in [0.25, 0.3) is 0 Å². The van der Waals surface area contributed by atoms with Gasteiger partial charge >= 0.3 is 0 Å². The van der Waals surface area contributed by atoms with Crippen molar-refractivity contribution in [3.05, 3.63) is 33.8 Å². The first-order valence-corrected chi connectivity index (χ1v) is 6.97. The maximum Gasteiger partial charge on any atom is 0.0465 e. The second-order valence-electron chi connectivity index (χ2n) is 5.23. The van der Waals surface area contributed by atoms with Crippen LogP contribution in [0.5, 0.6) is 0 Å². The van der Waals surface area contributed by atoms with Crippen molar-refractivity contribution in [3.63, 3.8) is 0 Å². The predicted octanol–water partition coefficient (Wildman–Crippen LogP) is 3.67. The Hall–Kier alpha value is -0.280. The molecule has 1 rings (SSSR count). The number of halogens is 2. The van der Waals surface area contributed by atoms with E-state index in [2.05, 4.69) is 38.2 Å². The number of rotatable bonds is 6. The van der Waals surface area contributed by atoms with Crippen molar-refractivity contribution in [3.8, 4) is 0 Å². The minimum Gasteiger partial charge on any atom is -0.308 e. The summed E-state index contributed by atoms with van der Waals surface area (Å²) >= 11 is 12.1. The van der Waals surface area contributed by atoms with E-state index in [1.54, 1.807) is 6.07 Å². The Balaban J connectivity index is 2.61. The maximum atomic E-state index is 6.16. The smallest absolute Gasteiger partial charge is 0.0465 e. The van der Waals surface area contributed by atoms with Crippen molar-refractivity contribution >= 4 is 23.2 Å². The fourth-order valence-corrected chi connectivity index (χ4v) is 2.29. The zero-order valence-corrected chi connectivity index (χ0v) is 13.0. The van der Waals surface area contributed by atoms with Gasteiger partial charge in [0.05, 0.1) is 0 Å². The summed E-state index contributed by atoms with van der Waals surface area (Å²) in [5, 5.41) is 4.96. The fraction of sp³-hybridized carbons (Fsp3) is 0.571. The van der Waals surface area contributed by atoms with Crippen molar-refractivity contribution < 1.29 is 0 Å². The van der Waals surface area contributed by atoms with Gasteiger partial charge in [0.1, 0.15) is 0 Å². The van der Waals surface area contributed by atoms with Crippen molar-refractivity contribution in [2.24, 2.45) is 5.92 Å². The zero-order valence-electron chi connectivity index (χ0n) is 11.5. The van der Waals surface area contributed by atoms with E-state index < -0.39 is 0 Å².